The normalized spacial score (nSPS) is 16.1. The van der Waals surface area contributed by atoms with E-state index in [0.29, 0.717) is 5.92 Å². The minimum atomic E-state index is 0.675. The number of nitrogens with zero attached hydrogens (tertiary/aromatic N) is 1. The number of hydrogen-bond donors (Lipinski definition) is 1. The van der Waals surface area contributed by atoms with Gasteiger partial charge in [-0.2, -0.15) is 0 Å². The summed E-state index contributed by atoms with van der Waals surface area (Å²) in [5, 5.41) is 3.51. The zero-order chi connectivity index (χ0) is 13.4. The van der Waals surface area contributed by atoms with Gasteiger partial charge in [0.1, 0.15) is 4.64 Å². The van der Waals surface area contributed by atoms with Crippen LogP contribution in [0.2, 0.25) is 0 Å². The largest absolute Gasteiger partial charge is 0.297 e. The van der Waals surface area contributed by atoms with Crippen LogP contribution in [0.4, 0.5) is 0 Å². The lowest BCUT2D eigenvalue weighted by Gasteiger charge is -2.09. The van der Waals surface area contributed by atoms with Gasteiger partial charge in [-0.3, -0.25) is 5.10 Å². The summed E-state index contributed by atoms with van der Waals surface area (Å²) < 4.78 is 2.94. The van der Waals surface area contributed by atoms with Crippen molar-refractivity contribution >= 4 is 12.2 Å². The zero-order valence-electron chi connectivity index (χ0n) is 11.6. The van der Waals surface area contributed by atoms with Crippen LogP contribution in [-0.4, -0.2) is 9.78 Å². The van der Waals surface area contributed by atoms with Crippen LogP contribution >= 0.6 is 12.2 Å². The Hall–Kier alpha value is -1.35. The molecule has 1 aromatic heterocycles. The van der Waals surface area contributed by atoms with E-state index in [-0.39, 0.29) is 0 Å². The fraction of sp³-hybridized carbons (Fsp3) is 0.438. The highest BCUT2D eigenvalue weighted by Crippen LogP contribution is 2.33. The Morgan fingerprint density at radius 1 is 1.16 bits per heavy atom. The summed E-state index contributed by atoms with van der Waals surface area (Å²) in [5.41, 5.74) is 5.02. The van der Waals surface area contributed by atoms with Crippen molar-refractivity contribution in [3.63, 3.8) is 0 Å². The third-order valence-corrected chi connectivity index (χ3v) is 4.43. The van der Waals surface area contributed by atoms with Gasteiger partial charge in [0.15, 0.2) is 0 Å². The average molecular weight is 272 g/mol. The summed E-state index contributed by atoms with van der Waals surface area (Å²) in [6.07, 6.45) is 5.28. The third-order valence-electron chi connectivity index (χ3n) is 4.13. The number of benzene rings is 1. The van der Waals surface area contributed by atoms with Gasteiger partial charge in [0.05, 0.1) is 5.69 Å². The molecule has 0 aliphatic heterocycles. The van der Waals surface area contributed by atoms with Crippen molar-refractivity contribution in [1.82, 2.24) is 9.78 Å². The molecule has 3 rings (SSSR count). The van der Waals surface area contributed by atoms with Crippen LogP contribution in [0.15, 0.2) is 24.3 Å². The first kappa shape index (κ1) is 12.7. The van der Waals surface area contributed by atoms with Crippen LogP contribution < -0.4 is 0 Å². The monoisotopic (exact) mass is 272 g/mol. The van der Waals surface area contributed by atoms with Crippen LogP contribution in [-0.2, 0) is 0 Å². The van der Waals surface area contributed by atoms with Gasteiger partial charge in [-0.1, -0.05) is 42.8 Å². The van der Waals surface area contributed by atoms with Crippen molar-refractivity contribution in [1.29, 1.82) is 0 Å². The maximum atomic E-state index is 5.51. The number of nitrogens with one attached hydrogen (secondary N) is 1. The molecular weight excluding hydrogens is 252 g/mol. The minimum Gasteiger partial charge on any atom is -0.297 e. The molecule has 0 unspecified atom stereocenters. The van der Waals surface area contributed by atoms with Crippen molar-refractivity contribution in [3.05, 3.63) is 45.7 Å². The van der Waals surface area contributed by atoms with Gasteiger partial charge in [0.2, 0.25) is 0 Å². The van der Waals surface area contributed by atoms with E-state index in [1.54, 1.807) is 0 Å². The first-order valence-electron chi connectivity index (χ1n) is 7.05. The summed E-state index contributed by atoms with van der Waals surface area (Å²) in [6, 6.07) is 8.63. The SMILES string of the molecule is Cc1ccc(-n2[nH]c(C3CCCC3)cc2=S)c(C)c1. The Labute approximate surface area is 119 Å². The minimum absolute atomic E-state index is 0.675. The van der Waals surface area contributed by atoms with E-state index >= 15 is 0 Å². The lowest BCUT2D eigenvalue weighted by molar-refractivity contribution is 0.677. The molecule has 2 aromatic rings. The zero-order valence-corrected chi connectivity index (χ0v) is 12.4. The van der Waals surface area contributed by atoms with Gasteiger partial charge in [-0.05, 0) is 44.4 Å². The summed E-state index contributed by atoms with van der Waals surface area (Å²) in [4.78, 5) is 0. The van der Waals surface area contributed by atoms with Gasteiger partial charge in [0.25, 0.3) is 0 Å². The van der Waals surface area contributed by atoms with Crippen molar-refractivity contribution in [2.45, 2.75) is 45.4 Å². The molecule has 0 radical (unpaired) electrons. The van der Waals surface area contributed by atoms with Crippen molar-refractivity contribution in [2.75, 3.05) is 0 Å². The highest BCUT2D eigenvalue weighted by molar-refractivity contribution is 7.71. The summed E-state index contributed by atoms with van der Waals surface area (Å²) in [6.45, 7) is 4.26. The molecule has 3 heteroatoms. The van der Waals surface area contributed by atoms with Crippen LogP contribution in [0.25, 0.3) is 5.69 Å². The first-order valence-corrected chi connectivity index (χ1v) is 7.45. The second-order valence-electron chi connectivity index (χ2n) is 5.66. The molecule has 2 nitrogen and oxygen atoms in total. The highest BCUT2D eigenvalue weighted by atomic mass is 32.1. The predicted octanol–water partition coefficient (Wildman–Crippen LogP) is 4.81. The van der Waals surface area contributed by atoms with Gasteiger partial charge < -0.3 is 0 Å². The number of aromatic nitrogens is 2. The summed E-state index contributed by atoms with van der Waals surface area (Å²) in [5.74, 6) is 0.675. The Bertz CT molecular complexity index is 645. The lowest BCUT2D eigenvalue weighted by Crippen LogP contribution is -2.01. The van der Waals surface area contributed by atoms with Crippen molar-refractivity contribution in [2.24, 2.45) is 0 Å². The molecule has 1 aliphatic rings. The molecule has 19 heavy (non-hydrogen) atoms. The molecule has 0 atom stereocenters. The maximum Gasteiger partial charge on any atom is 0.127 e. The molecule has 1 N–H and O–H groups in total. The predicted molar refractivity (Wildman–Crippen MR) is 81.6 cm³/mol. The van der Waals surface area contributed by atoms with E-state index in [2.05, 4.69) is 47.9 Å². The second kappa shape index (κ2) is 4.97. The molecule has 100 valence electrons. The van der Waals surface area contributed by atoms with E-state index < -0.39 is 0 Å². The molecule has 0 saturated heterocycles. The first-order chi connectivity index (χ1) is 9.15. The van der Waals surface area contributed by atoms with E-state index in [0.717, 1.165) is 4.64 Å². The Kier molecular flexibility index (Phi) is 3.31. The number of aromatic amines is 1. The number of aryl methyl sites for hydroxylation is 2. The van der Waals surface area contributed by atoms with E-state index in [1.807, 2.05) is 0 Å². The fourth-order valence-electron chi connectivity index (χ4n) is 3.10. The fourth-order valence-corrected chi connectivity index (χ4v) is 3.37. The van der Waals surface area contributed by atoms with E-state index in [4.69, 9.17) is 12.2 Å². The van der Waals surface area contributed by atoms with E-state index in [1.165, 1.54) is 48.2 Å². The quantitative estimate of drug-likeness (QED) is 0.778. The van der Waals surface area contributed by atoms with Crippen molar-refractivity contribution < 1.29 is 0 Å². The molecule has 0 spiro atoms. The number of rotatable bonds is 2. The van der Waals surface area contributed by atoms with Gasteiger partial charge in [-0.25, -0.2) is 4.68 Å². The summed E-state index contributed by atoms with van der Waals surface area (Å²) in [7, 11) is 0. The molecule has 0 amide bonds. The van der Waals surface area contributed by atoms with Crippen LogP contribution in [0, 0.1) is 18.5 Å². The van der Waals surface area contributed by atoms with Crippen LogP contribution in [0.5, 0.6) is 0 Å². The molecule has 1 saturated carbocycles. The van der Waals surface area contributed by atoms with Crippen LogP contribution in [0.1, 0.15) is 48.4 Å². The highest BCUT2D eigenvalue weighted by Gasteiger charge is 2.19. The Morgan fingerprint density at radius 2 is 1.89 bits per heavy atom. The second-order valence-corrected chi connectivity index (χ2v) is 6.07. The average Bonchev–Trinajstić information content (AvgIpc) is 2.98. The van der Waals surface area contributed by atoms with Gasteiger partial charge in [0, 0.05) is 11.6 Å². The standard InChI is InChI=1S/C16H20N2S/c1-11-7-8-15(12(2)9-11)18-16(19)10-14(17-18)13-5-3-4-6-13/h7-10,13,17H,3-6H2,1-2H3. The van der Waals surface area contributed by atoms with Crippen molar-refractivity contribution in [3.8, 4) is 5.69 Å². The Balaban J connectivity index is 2.03. The van der Waals surface area contributed by atoms with Crippen LogP contribution in [0.3, 0.4) is 0 Å². The molecule has 1 heterocycles. The molecule has 1 aromatic carbocycles. The third kappa shape index (κ3) is 2.39. The van der Waals surface area contributed by atoms with Gasteiger partial charge >= 0.3 is 0 Å². The molecule has 0 bridgehead atoms. The smallest absolute Gasteiger partial charge is 0.127 e. The number of hydrogen-bond acceptors (Lipinski definition) is 1. The number of H-pyrrole nitrogens is 1. The molecule has 1 fully saturated rings. The molecular formula is C16H20N2S. The lowest BCUT2D eigenvalue weighted by atomic mass is 10.1. The topological polar surface area (TPSA) is 20.7 Å². The summed E-state index contributed by atoms with van der Waals surface area (Å²) >= 11 is 5.51. The maximum absolute atomic E-state index is 5.51. The Morgan fingerprint density at radius 3 is 2.58 bits per heavy atom. The molecule has 1 aliphatic carbocycles. The van der Waals surface area contributed by atoms with Gasteiger partial charge in [-0.15, -0.1) is 0 Å². The van der Waals surface area contributed by atoms with E-state index in [9.17, 15) is 0 Å².